The van der Waals surface area contributed by atoms with Gasteiger partial charge in [-0.2, -0.15) is 4.98 Å². The van der Waals surface area contributed by atoms with E-state index in [0.29, 0.717) is 25.3 Å². The second kappa shape index (κ2) is 10.6. The minimum atomic E-state index is -0.873. The molecule has 1 N–H and O–H groups in total. The van der Waals surface area contributed by atoms with Crippen LogP contribution in [0.25, 0.3) is 28.0 Å². The number of piperazine rings is 1. The van der Waals surface area contributed by atoms with E-state index in [1.165, 1.54) is 35.2 Å². The fraction of sp³-hybridized carbons (Fsp3) is 0.300. The first-order valence-electron chi connectivity index (χ1n) is 13.8. The van der Waals surface area contributed by atoms with Crippen LogP contribution in [-0.4, -0.2) is 66.9 Å². The number of halogens is 2. The molecule has 0 radical (unpaired) electrons. The molecular weight excluding hydrogens is 558 g/mol. The van der Waals surface area contributed by atoms with Gasteiger partial charge in [-0.1, -0.05) is 26.5 Å². The van der Waals surface area contributed by atoms with Crippen molar-refractivity contribution in [3.05, 3.63) is 76.8 Å². The van der Waals surface area contributed by atoms with Crippen molar-refractivity contribution in [2.45, 2.75) is 39.2 Å². The molecule has 2 aliphatic rings. The fourth-order valence-electron chi connectivity index (χ4n) is 5.74. The van der Waals surface area contributed by atoms with E-state index in [1.54, 1.807) is 4.90 Å². The van der Waals surface area contributed by atoms with Crippen LogP contribution in [0.2, 0.25) is 0 Å². The summed E-state index contributed by atoms with van der Waals surface area (Å²) < 4.78 is 32.6. The Hall–Kier alpha value is -5.07. The molecule has 0 spiro atoms. The lowest BCUT2D eigenvalue weighted by Gasteiger charge is -2.40. The van der Waals surface area contributed by atoms with Gasteiger partial charge in [-0.3, -0.25) is 9.59 Å². The van der Waals surface area contributed by atoms with Crippen molar-refractivity contribution in [1.82, 2.24) is 29.4 Å². The van der Waals surface area contributed by atoms with Gasteiger partial charge in [0, 0.05) is 25.7 Å². The lowest BCUT2D eigenvalue weighted by atomic mass is 10.0. The molecule has 1 saturated heterocycles. The Morgan fingerprint density at radius 3 is 2.65 bits per heavy atom. The molecule has 3 aromatic heterocycles. The monoisotopic (exact) mass is 586 g/mol. The normalized spacial score (nSPS) is 16.5. The minimum absolute atomic E-state index is 0.00435. The van der Waals surface area contributed by atoms with Gasteiger partial charge in [-0.15, -0.1) is 0 Å². The molecule has 0 saturated carbocycles. The number of anilines is 2. The van der Waals surface area contributed by atoms with E-state index >= 15 is 8.78 Å². The summed E-state index contributed by atoms with van der Waals surface area (Å²) in [5.74, 6) is -2.48. The van der Waals surface area contributed by atoms with Crippen LogP contribution in [0.5, 0.6) is 0 Å². The summed E-state index contributed by atoms with van der Waals surface area (Å²) in [5.41, 5.74) is -0.459. The second-order valence-corrected chi connectivity index (χ2v) is 10.9. The molecule has 4 aromatic rings. The van der Waals surface area contributed by atoms with Gasteiger partial charge < -0.3 is 15.1 Å². The molecule has 220 valence electrons. The molecule has 0 unspecified atom stereocenters. The Morgan fingerprint density at radius 1 is 1.14 bits per heavy atom. The SMILES string of the molecule is C=CC(=O)N1CCN(c2nc(=O)n3c4nc(c(F)cc24)-c2c(F)cccc2NC(=O)Cc2ncnc(C(C)C)c2-3)[C@@H](C)C1. The molecule has 13 heteroatoms. The zero-order chi connectivity index (χ0) is 30.6. The smallest absolute Gasteiger partial charge is 0.350 e. The van der Waals surface area contributed by atoms with Crippen molar-refractivity contribution < 1.29 is 18.4 Å². The summed E-state index contributed by atoms with van der Waals surface area (Å²) >= 11 is 0. The quantitative estimate of drug-likeness (QED) is 0.363. The Bertz CT molecular complexity index is 1890. The Kier molecular flexibility index (Phi) is 6.95. The molecule has 2 aliphatic heterocycles. The first-order chi connectivity index (χ1) is 20.6. The van der Waals surface area contributed by atoms with E-state index in [0.717, 1.165) is 6.07 Å². The number of hydrogen-bond acceptors (Lipinski definition) is 8. The van der Waals surface area contributed by atoms with Crippen LogP contribution >= 0.6 is 0 Å². The summed E-state index contributed by atoms with van der Waals surface area (Å²) in [7, 11) is 0. The molecule has 1 fully saturated rings. The van der Waals surface area contributed by atoms with E-state index in [1.807, 2.05) is 25.7 Å². The molecule has 0 aliphatic carbocycles. The molecule has 2 amide bonds. The number of hydrogen-bond donors (Lipinski definition) is 1. The van der Waals surface area contributed by atoms with Crippen molar-refractivity contribution >= 4 is 34.4 Å². The van der Waals surface area contributed by atoms with Crippen LogP contribution in [0.3, 0.4) is 0 Å². The van der Waals surface area contributed by atoms with Gasteiger partial charge in [0.25, 0.3) is 0 Å². The molecule has 5 heterocycles. The van der Waals surface area contributed by atoms with E-state index in [2.05, 4.69) is 31.8 Å². The van der Waals surface area contributed by atoms with Gasteiger partial charge in [0.1, 0.15) is 23.7 Å². The van der Waals surface area contributed by atoms with Crippen LogP contribution in [-0.2, 0) is 16.0 Å². The largest absolute Gasteiger partial charge is 0.355 e. The number of aromatic nitrogens is 5. The summed E-state index contributed by atoms with van der Waals surface area (Å²) in [6.07, 6.45) is 2.28. The zero-order valence-corrected chi connectivity index (χ0v) is 23.8. The van der Waals surface area contributed by atoms with Crippen molar-refractivity contribution in [2.75, 3.05) is 29.9 Å². The summed E-state index contributed by atoms with van der Waals surface area (Å²) in [6, 6.07) is 4.88. The van der Waals surface area contributed by atoms with Crippen LogP contribution in [0, 0.1) is 11.6 Å². The van der Waals surface area contributed by atoms with Crippen molar-refractivity contribution in [1.29, 1.82) is 0 Å². The number of carbonyl (C=O) groups excluding carboxylic acids is 2. The van der Waals surface area contributed by atoms with Gasteiger partial charge >= 0.3 is 5.69 Å². The van der Waals surface area contributed by atoms with Crippen LogP contribution < -0.4 is 15.9 Å². The first-order valence-corrected chi connectivity index (χ1v) is 13.8. The summed E-state index contributed by atoms with van der Waals surface area (Å²) in [4.78, 5) is 60.7. The summed E-state index contributed by atoms with van der Waals surface area (Å²) in [6.45, 7) is 10.1. The molecule has 6 rings (SSSR count). The van der Waals surface area contributed by atoms with Gasteiger partial charge in [0.2, 0.25) is 11.8 Å². The highest BCUT2D eigenvalue weighted by Crippen LogP contribution is 2.37. The van der Waals surface area contributed by atoms with Crippen LogP contribution in [0.1, 0.15) is 38.1 Å². The molecule has 2 bridgehead atoms. The van der Waals surface area contributed by atoms with Gasteiger partial charge in [0.05, 0.1) is 40.1 Å². The van der Waals surface area contributed by atoms with Crippen LogP contribution in [0.15, 0.2) is 48.0 Å². The van der Waals surface area contributed by atoms with E-state index in [-0.39, 0.29) is 69.5 Å². The number of carbonyl (C=O) groups is 2. The number of rotatable bonds is 3. The molecule has 43 heavy (non-hydrogen) atoms. The third-order valence-electron chi connectivity index (χ3n) is 7.74. The highest BCUT2D eigenvalue weighted by Gasteiger charge is 2.32. The standard InChI is InChI=1S/C30H28F2N8O3/c1-5-23(42)38-9-10-39(16(4)13-38)28-17-11-19(32)26-24-18(31)7-6-8-20(24)35-22(41)12-21-27(25(15(2)3)34-14-33-21)40(29(17)36-26)30(43)37-28/h5-8,11,14-16H,1,9-10,12-13H2,2-4H3,(H,35,41)/t16-/m0/s1. The number of fused-ring (bicyclic) bond motifs is 5. The third kappa shape index (κ3) is 4.70. The van der Waals surface area contributed by atoms with Crippen molar-refractivity contribution in [3.8, 4) is 16.9 Å². The maximum Gasteiger partial charge on any atom is 0.355 e. The molecular formula is C30H28F2N8O3. The van der Waals surface area contributed by atoms with Crippen molar-refractivity contribution in [3.63, 3.8) is 0 Å². The number of nitrogens with zero attached hydrogens (tertiary/aromatic N) is 7. The highest BCUT2D eigenvalue weighted by atomic mass is 19.1. The maximum absolute atomic E-state index is 16.1. The molecule has 1 atom stereocenters. The summed E-state index contributed by atoms with van der Waals surface area (Å²) in [5, 5.41) is 2.85. The average molecular weight is 587 g/mol. The first kappa shape index (κ1) is 28.1. The highest BCUT2D eigenvalue weighted by molar-refractivity contribution is 5.98. The van der Waals surface area contributed by atoms with E-state index in [9.17, 15) is 14.4 Å². The number of nitrogens with one attached hydrogen (secondary N) is 1. The third-order valence-corrected chi connectivity index (χ3v) is 7.74. The van der Waals surface area contributed by atoms with E-state index in [4.69, 9.17) is 0 Å². The van der Waals surface area contributed by atoms with Gasteiger partial charge in [-0.05, 0) is 37.1 Å². The maximum atomic E-state index is 16.1. The number of amides is 2. The predicted octanol–water partition coefficient (Wildman–Crippen LogP) is 3.36. The predicted molar refractivity (Wildman–Crippen MR) is 156 cm³/mol. The zero-order valence-electron chi connectivity index (χ0n) is 23.8. The Labute approximate surface area is 244 Å². The molecule has 1 aromatic carbocycles. The molecule has 11 nitrogen and oxygen atoms in total. The Morgan fingerprint density at radius 2 is 1.93 bits per heavy atom. The lowest BCUT2D eigenvalue weighted by molar-refractivity contribution is -0.126. The van der Waals surface area contributed by atoms with Gasteiger partial charge in [0.15, 0.2) is 11.5 Å². The van der Waals surface area contributed by atoms with Crippen molar-refractivity contribution in [2.24, 2.45) is 0 Å². The van der Waals surface area contributed by atoms with E-state index < -0.39 is 23.2 Å². The second-order valence-electron chi connectivity index (χ2n) is 10.9. The number of pyridine rings is 1. The minimum Gasteiger partial charge on any atom is -0.350 e. The average Bonchev–Trinajstić information content (AvgIpc) is 2.98. The number of benzene rings is 1. The van der Waals surface area contributed by atoms with Crippen LogP contribution in [0.4, 0.5) is 20.3 Å². The lowest BCUT2D eigenvalue weighted by Crippen LogP contribution is -2.54. The topological polar surface area (TPSA) is 126 Å². The Balaban J connectivity index is 1.70. The fourth-order valence-corrected chi connectivity index (χ4v) is 5.74. The van der Waals surface area contributed by atoms with Gasteiger partial charge in [-0.25, -0.2) is 33.1 Å².